The Hall–Kier alpha value is -0.970. The summed E-state index contributed by atoms with van der Waals surface area (Å²) < 4.78 is 5.82. The summed E-state index contributed by atoms with van der Waals surface area (Å²) >= 11 is 0. The lowest BCUT2D eigenvalue weighted by atomic mass is 9.71. The minimum Gasteiger partial charge on any atom is -0.386 e. The van der Waals surface area contributed by atoms with E-state index in [4.69, 9.17) is 4.74 Å². The molecule has 1 saturated heterocycles. The smallest absolute Gasteiger partial charge is 0.172 e. The maximum atomic E-state index is 11.9. The summed E-state index contributed by atoms with van der Waals surface area (Å²) in [6.07, 6.45) is 9.31. The number of Topliss-reactive ketones (excluding diaryl/α,β-unsaturated/α-hetero) is 1. The van der Waals surface area contributed by atoms with Crippen molar-refractivity contribution in [1.82, 2.24) is 0 Å². The standard InChI is InChI=1S/C14H18O4/c15-11-5-1-2-8-14(17)10-12(16)6-3-4-7-13(12,9-11)18-14/h1-4,16-17H,5-10H2/b2-1-/t12-,13+,14-/m0/s1. The molecule has 1 aliphatic carbocycles. The zero-order chi connectivity index (χ0) is 12.9. The summed E-state index contributed by atoms with van der Waals surface area (Å²) in [5, 5.41) is 21.2. The van der Waals surface area contributed by atoms with Crippen LogP contribution < -0.4 is 0 Å². The second kappa shape index (κ2) is 3.76. The number of ketones is 1. The van der Waals surface area contributed by atoms with Crippen LogP contribution in [-0.2, 0) is 9.53 Å². The van der Waals surface area contributed by atoms with Crippen LogP contribution in [0.2, 0.25) is 0 Å². The van der Waals surface area contributed by atoms with Crippen molar-refractivity contribution in [1.29, 1.82) is 0 Å². The number of fused-ring (bicyclic) bond motifs is 1. The molecule has 0 aromatic rings. The fraction of sp³-hybridized carbons (Fsp3) is 0.643. The van der Waals surface area contributed by atoms with Crippen LogP contribution in [0.15, 0.2) is 24.3 Å². The molecule has 2 heterocycles. The van der Waals surface area contributed by atoms with Crippen molar-refractivity contribution in [2.75, 3.05) is 0 Å². The second-order valence-corrected chi connectivity index (χ2v) is 5.73. The maximum absolute atomic E-state index is 11.9. The van der Waals surface area contributed by atoms with Gasteiger partial charge in [-0.2, -0.15) is 0 Å². The first-order chi connectivity index (χ1) is 8.47. The highest BCUT2D eigenvalue weighted by atomic mass is 16.7. The Balaban J connectivity index is 2.04. The minimum absolute atomic E-state index is 0.0473. The number of carbonyl (C=O) groups excluding carboxylic acids is 1. The molecular formula is C14H18O4. The molecule has 0 amide bonds. The Labute approximate surface area is 106 Å². The summed E-state index contributed by atoms with van der Waals surface area (Å²) in [4.78, 5) is 11.9. The summed E-state index contributed by atoms with van der Waals surface area (Å²) in [5.74, 6) is -1.30. The molecule has 3 rings (SSSR count). The van der Waals surface area contributed by atoms with Crippen molar-refractivity contribution in [2.45, 2.75) is 55.5 Å². The van der Waals surface area contributed by atoms with Gasteiger partial charge in [-0.05, 0) is 12.8 Å². The van der Waals surface area contributed by atoms with Crippen LogP contribution >= 0.6 is 0 Å². The van der Waals surface area contributed by atoms with Gasteiger partial charge in [0.1, 0.15) is 17.0 Å². The lowest BCUT2D eigenvalue weighted by Gasteiger charge is -2.41. The molecule has 2 N–H and O–H groups in total. The Bertz CT molecular complexity index is 441. The first-order valence-corrected chi connectivity index (χ1v) is 6.44. The monoisotopic (exact) mass is 250 g/mol. The van der Waals surface area contributed by atoms with E-state index in [2.05, 4.69) is 0 Å². The summed E-state index contributed by atoms with van der Waals surface area (Å²) in [7, 11) is 0. The molecule has 0 unspecified atom stereocenters. The highest BCUT2D eigenvalue weighted by molar-refractivity contribution is 5.81. The van der Waals surface area contributed by atoms with Gasteiger partial charge in [0, 0.05) is 25.7 Å². The highest BCUT2D eigenvalue weighted by Gasteiger charge is 2.64. The highest BCUT2D eigenvalue weighted by Crippen LogP contribution is 2.53. The number of hydrogen-bond acceptors (Lipinski definition) is 4. The van der Waals surface area contributed by atoms with E-state index in [-0.39, 0.29) is 18.6 Å². The number of rotatable bonds is 0. The molecule has 18 heavy (non-hydrogen) atoms. The Morgan fingerprint density at radius 3 is 2.61 bits per heavy atom. The SMILES string of the molecule is O=C1C/C=C\C[C@@]2(O)C[C@@]3(O)CC=CC[C@]3(C1)O2. The van der Waals surface area contributed by atoms with Crippen LogP contribution in [0, 0.1) is 0 Å². The van der Waals surface area contributed by atoms with E-state index in [9.17, 15) is 15.0 Å². The van der Waals surface area contributed by atoms with Gasteiger partial charge in [0.2, 0.25) is 0 Å². The zero-order valence-corrected chi connectivity index (χ0v) is 10.3. The van der Waals surface area contributed by atoms with Crippen molar-refractivity contribution in [3.8, 4) is 0 Å². The van der Waals surface area contributed by atoms with Crippen LogP contribution in [0.25, 0.3) is 0 Å². The minimum atomic E-state index is -1.35. The third-order valence-corrected chi connectivity index (χ3v) is 4.30. The van der Waals surface area contributed by atoms with E-state index < -0.39 is 17.0 Å². The van der Waals surface area contributed by atoms with Gasteiger partial charge in [0.25, 0.3) is 0 Å². The van der Waals surface area contributed by atoms with Crippen LogP contribution in [0.4, 0.5) is 0 Å². The predicted molar refractivity (Wildman–Crippen MR) is 64.7 cm³/mol. The first kappa shape index (κ1) is 12.1. The average molecular weight is 250 g/mol. The normalized spacial score (nSPS) is 49.1. The molecule has 98 valence electrons. The number of ether oxygens (including phenoxy) is 1. The zero-order valence-electron chi connectivity index (χ0n) is 10.3. The largest absolute Gasteiger partial charge is 0.386 e. The number of hydrogen-bond donors (Lipinski definition) is 2. The summed E-state index contributed by atoms with van der Waals surface area (Å²) in [6.45, 7) is 0. The van der Waals surface area contributed by atoms with E-state index in [0.29, 0.717) is 25.7 Å². The predicted octanol–water partition coefficient (Wildman–Crippen LogP) is 1.22. The van der Waals surface area contributed by atoms with E-state index in [0.717, 1.165) is 0 Å². The number of carbonyl (C=O) groups is 1. The fourth-order valence-corrected chi connectivity index (χ4v) is 3.41. The molecule has 0 aromatic heterocycles. The van der Waals surface area contributed by atoms with E-state index in [1.54, 1.807) is 12.2 Å². The third-order valence-electron chi connectivity index (χ3n) is 4.30. The van der Waals surface area contributed by atoms with E-state index in [1.807, 2.05) is 12.2 Å². The molecular weight excluding hydrogens is 232 g/mol. The molecule has 0 aromatic carbocycles. The molecule has 4 heteroatoms. The van der Waals surface area contributed by atoms with Crippen LogP contribution in [0.1, 0.15) is 38.5 Å². The second-order valence-electron chi connectivity index (χ2n) is 5.73. The van der Waals surface area contributed by atoms with Gasteiger partial charge in [0.05, 0.1) is 0 Å². The van der Waals surface area contributed by atoms with Gasteiger partial charge >= 0.3 is 0 Å². The number of aliphatic hydroxyl groups is 2. The summed E-state index contributed by atoms with van der Waals surface area (Å²) in [6, 6.07) is 0. The van der Waals surface area contributed by atoms with Crippen molar-refractivity contribution < 1.29 is 19.7 Å². The lowest BCUT2D eigenvalue weighted by Crippen LogP contribution is -2.53. The Morgan fingerprint density at radius 2 is 1.78 bits per heavy atom. The molecule has 4 nitrogen and oxygen atoms in total. The Kier molecular flexibility index (Phi) is 2.52. The first-order valence-electron chi connectivity index (χ1n) is 6.44. The van der Waals surface area contributed by atoms with Crippen molar-refractivity contribution in [3.63, 3.8) is 0 Å². The van der Waals surface area contributed by atoms with Crippen molar-refractivity contribution in [3.05, 3.63) is 24.3 Å². The van der Waals surface area contributed by atoms with Crippen molar-refractivity contribution in [2.24, 2.45) is 0 Å². The maximum Gasteiger partial charge on any atom is 0.172 e. The van der Waals surface area contributed by atoms with E-state index in [1.165, 1.54) is 0 Å². The molecule has 1 spiro atoms. The van der Waals surface area contributed by atoms with Gasteiger partial charge in [-0.15, -0.1) is 0 Å². The van der Waals surface area contributed by atoms with Gasteiger partial charge in [0.15, 0.2) is 5.79 Å². The lowest BCUT2D eigenvalue weighted by molar-refractivity contribution is -0.232. The summed E-state index contributed by atoms with van der Waals surface area (Å²) in [5.41, 5.74) is -2.07. The topological polar surface area (TPSA) is 66.8 Å². The molecule has 0 radical (unpaired) electrons. The molecule has 2 aliphatic heterocycles. The van der Waals surface area contributed by atoms with Gasteiger partial charge < -0.3 is 14.9 Å². The molecule has 1 fully saturated rings. The van der Waals surface area contributed by atoms with Gasteiger partial charge in [-0.3, -0.25) is 4.79 Å². The van der Waals surface area contributed by atoms with Gasteiger partial charge in [-0.25, -0.2) is 0 Å². The van der Waals surface area contributed by atoms with Crippen LogP contribution in [0.3, 0.4) is 0 Å². The Morgan fingerprint density at radius 1 is 1.06 bits per heavy atom. The third kappa shape index (κ3) is 1.67. The number of allylic oxidation sites excluding steroid dienone is 1. The van der Waals surface area contributed by atoms with Gasteiger partial charge in [-0.1, -0.05) is 24.3 Å². The molecule has 2 bridgehead atoms. The average Bonchev–Trinajstić information content (AvgIpc) is 2.54. The molecule has 3 aliphatic rings. The van der Waals surface area contributed by atoms with Crippen LogP contribution in [0.5, 0.6) is 0 Å². The van der Waals surface area contributed by atoms with E-state index >= 15 is 0 Å². The molecule has 3 atom stereocenters. The van der Waals surface area contributed by atoms with Crippen molar-refractivity contribution >= 4 is 5.78 Å². The quantitative estimate of drug-likeness (QED) is 0.634. The van der Waals surface area contributed by atoms with Crippen LogP contribution in [-0.4, -0.2) is 33.0 Å². The fourth-order valence-electron chi connectivity index (χ4n) is 3.41. The molecule has 0 saturated carbocycles.